The highest BCUT2D eigenvalue weighted by atomic mass is 16.5. The third kappa shape index (κ3) is 2.36. The number of rotatable bonds is 2. The smallest absolute Gasteiger partial charge is 0.245 e. The van der Waals surface area contributed by atoms with Crippen molar-refractivity contribution in [2.75, 3.05) is 32.8 Å². The van der Waals surface area contributed by atoms with Crippen LogP contribution in [0.5, 0.6) is 0 Å². The summed E-state index contributed by atoms with van der Waals surface area (Å²) < 4.78 is 5.39. The molecule has 3 aliphatic heterocycles. The van der Waals surface area contributed by atoms with Crippen molar-refractivity contribution in [2.24, 2.45) is 5.41 Å². The van der Waals surface area contributed by atoms with Crippen molar-refractivity contribution in [1.82, 2.24) is 9.80 Å². The molecule has 0 aliphatic carbocycles. The number of hydrogen-bond donors (Lipinski definition) is 0. The molecule has 0 aromatic carbocycles. The maximum atomic E-state index is 12.5. The van der Waals surface area contributed by atoms with Crippen molar-refractivity contribution in [2.45, 2.75) is 38.6 Å². The Kier molecular flexibility index (Phi) is 3.25. The van der Waals surface area contributed by atoms with Gasteiger partial charge in [0.2, 0.25) is 11.8 Å². The van der Waals surface area contributed by atoms with Crippen molar-refractivity contribution in [3.05, 3.63) is 0 Å². The molecule has 3 heterocycles. The highest BCUT2D eigenvalue weighted by Crippen LogP contribution is 2.33. The van der Waals surface area contributed by atoms with Crippen molar-refractivity contribution in [1.29, 1.82) is 0 Å². The van der Waals surface area contributed by atoms with Crippen LogP contribution in [-0.4, -0.2) is 60.5 Å². The maximum absolute atomic E-state index is 12.5. The summed E-state index contributed by atoms with van der Waals surface area (Å²) in [6.07, 6.45) is 3.74. The van der Waals surface area contributed by atoms with E-state index >= 15 is 0 Å². The van der Waals surface area contributed by atoms with Crippen LogP contribution in [0.25, 0.3) is 0 Å². The minimum absolute atomic E-state index is 0.106. The Hall–Kier alpha value is -1.10. The molecule has 5 heteroatoms. The number of fused-ring (bicyclic) bond motifs is 1. The van der Waals surface area contributed by atoms with Crippen molar-refractivity contribution in [3.8, 4) is 0 Å². The second kappa shape index (κ2) is 4.78. The number of carbonyl (C=O) groups excluding carboxylic acids is 2. The summed E-state index contributed by atoms with van der Waals surface area (Å²) in [5, 5.41) is 0. The highest BCUT2D eigenvalue weighted by molar-refractivity contribution is 5.95. The molecule has 106 valence electrons. The third-order valence-corrected chi connectivity index (χ3v) is 4.77. The largest absolute Gasteiger partial charge is 0.381 e. The first-order chi connectivity index (χ1) is 9.09. The minimum atomic E-state index is -0.176. The average Bonchev–Trinajstić information content (AvgIpc) is 2.86. The number of piperazine rings is 1. The molecule has 0 aromatic rings. The zero-order valence-electron chi connectivity index (χ0n) is 11.6. The lowest BCUT2D eigenvalue weighted by atomic mass is 9.81. The highest BCUT2D eigenvalue weighted by Gasteiger charge is 2.43. The molecular weight excluding hydrogens is 244 g/mol. The summed E-state index contributed by atoms with van der Waals surface area (Å²) in [4.78, 5) is 28.1. The van der Waals surface area contributed by atoms with Gasteiger partial charge in [0.05, 0.1) is 6.54 Å². The van der Waals surface area contributed by atoms with E-state index in [1.807, 2.05) is 0 Å². The number of carbonyl (C=O) groups is 2. The van der Waals surface area contributed by atoms with Crippen LogP contribution in [-0.2, 0) is 14.3 Å². The standard InChI is InChI=1S/C14H22N2O3/c1-14(4-7-19-8-5-14)10-15-9-12(17)16-6-2-3-11(16)13(15)18/h11H,2-10H2,1H3. The third-order valence-electron chi connectivity index (χ3n) is 4.77. The number of amides is 2. The molecule has 2 amide bonds. The quantitative estimate of drug-likeness (QED) is 0.737. The van der Waals surface area contributed by atoms with E-state index in [-0.39, 0.29) is 29.8 Å². The Bertz CT molecular complexity index is 390. The topological polar surface area (TPSA) is 49.9 Å². The van der Waals surface area contributed by atoms with E-state index in [0.717, 1.165) is 45.4 Å². The molecule has 0 saturated carbocycles. The van der Waals surface area contributed by atoms with Gasteiger partial charge in [-0.15, -0.1) is 0 Å². The second-order valence-corrected chi connectivity index (χ2v) is 6.36. The monoisotopic (exact) mass is 266 g/mol. The van der Waals surface area contributed by atoms with Gasteiger partial charge in [0.25, 0.3) is 0 Å². The molecule has 1 unspecified atom stereocenters. The maximum Gasteiger partial charge on any atom is 0.245 e. The summed E-state index contributed by atoms with van der Waals surface area (Å²) >= 11 is 0. The van der Waals surface area contributed by atoms with Gasteiger partial charge in [-0.25, -0.2) is 0 Å². The predicted molar refractivity (Wildman–Crippen MR) is 69.5 cm³/mol. The van der Waals surface area contributed by atoms with Gasteiger partial charge in [0, 0.05) is 26.3 Å². The van der Waals surface area contributed by atoms with Gasteiger partial charge in [-0.05, 0) is 31.1 Å². The number of hydrogen-bond acceptors (Lipinski definition) is 3. The van der Waals surface area contributed by atoms with E-state index in [0.29, 0.717) is 6.54 Å². The van der Waals surface area contributed by atoms with Gasteiger partial charge >= 0.3 is 0 Å². The van der Waals surface area contributed by atoms with E-state index in [4.69, 9.17) is 4.74 Å². The van der Waals surface area contributed by atoms with E-state index in [1.54, 1.807) is 9.80 Å². The Morgan fingerprint density at radius 1 is 1.32 bits per heavy atom. The Balaban J connectivity index is 1.70. The summed E-state index contributed by atoms with van der Waals surface area (Å²) in [5.74, 6) is 0.280. The number of nitrogens with zero attached hydrogens (tertiary/aromatic N) is 2. The van der Waals surface area contributed by atoms with Crippen molar-refractivity contribution < 1.29 is 14.3 Å². The van der Waals surface area contributed by atoms with Crippen LogP contribution >= 0.6 is 0 Å². The van der Waals surface area contributed by atoms with Crippen LogP contribution in [0, 0.1) is 5.41 Å². The lowest BCUT2D eigenvalue weighted by Crippen LogP contribution is -2.59. The normalized spacial score (nSPS) is 30.7. The van der Waals surface area contributed by atoms with E-state index < -0.39 is 0 Å². The summed E-state index contributed by atoms with van der Waals surface area (Å²) in [7, 11) is 0. The van der Waals surface area contributed by atoms with Crippen LogP contribution in [0.2, 0.25) is 0 Å². The van der Waals surface area contributed by atoms with Crippen LogP contribution in [0.15, 0.2) is 0 Å². The van der Waals surface area contributed by atoms with Crippen LogP contribution in [0.3, 0.4) is 0 Å². The Morgan fingerprint density at radius 2 is 2.05 bits per heavy atom. The molecule has 3 saturated heterocycles. The minimum Gasteiger partial charge on any atom is -0.381 e. The first-order valence-corrected chi connectivity index (χ1v) is 7.25. The van der Waals surface area contributed by atoms with E-state index in [9.17, 15) is 9.59 Å². The lowest BCUT2D eigenvalue weighted by Gasteiger charge is -2.42. The zero-order valence-corrected chi connectivity index (χ0v) is 11.6. The van der Waals surface area contributed by atoms with E-state index in [2.05, 4.69) is 6.92 Å². The molecule has 19 heavy (non-hydrogen) atoms. The molecule has 5 nitrogen and oxygen atoms in total. The summed E-state index contributed by atoms with van der Waals surface area (Å²) in [6, 6.07) is -0.176. The molecular formula is C14H22N2O3. The fourth-order valence-electron chi connectivity index (χ4n) is 3.48. The first kappa shape index (κ1) is 12.9. The molecule has 3 rings (SSSR count). The molecule has 0 radical (unpaired) electrons. The fourth-order valence-corrected chi connectivity index (χ4v) is 3.48. The molecule has 0 N–H and O–H groups in total. The molecule has 0 bridgehead atoms. The van der Waals surface area contributed by atoms with Crippen LogP contribution in [0.4, 0.5) is 0 Å². The van der Waals surface area contributed by atoms with Gasteiger partial charge in [-0.1, -0.05) is 6.92 Å². The zero-order chi connectivity index (χ0) is 13.5. The molecule has 3 fully saturated rings. The second-order valence-electron chi connectivity index (χ2n) is 6.36. The van der Waals surface area contributed by atoms with E-state index in [1.165, 1.54) is 0 Å². The summed E-state index contributed by atoms with van der Waals surface area (Å²) in [5.41, 5.74) is 0.106. The van der Waals surface area contributed by atoms with Gasteiger partial charge in [-0.2, -0.15) is 0 Å². The van der Waals surface area contributed by atoms with Crippen molar-refractivity contribution in [3.63, 3.8) is 0 Å². The molecule has 1 atom stereocenters. The Morgan fingerprint density at radius 3 is 2.79 bits per heavy atom. The average molecular weight is 266 g/mol. The van der Waals surface area contributed by atoms with Crippen molar-refractivity contribution >= 4 is 11.8 Å². The van der Waals surface area contributed by atoms with Gasteiger partial charge in [-0.3, -0.25) is 9.59 Å². The number of ether oxygens (including phenoxy) is 1. The lowest BCUT2D eigenvalue weighted by molar-refractivity contribution is -0.155. The Labute approximate surface area is 113 Å². The summed E-state index contributed by atoms with van der Waals surface area (Å²) in [6.45, 7) is 5.46. The van der Waals surface area contributed by atoms with Gasteiger partial charge in [0.1, 0.15) is 6.04 Å². The SMILES string of the molecule is CC1(CN2CC(=O)N3CCCC3C2=O)CCOCC1. The first-order valence-electron chi connectivity index (χ1n) is 7.25. The van der Waals surface area contributed by atoms with Crippen LogP contribution in [0.1, 0.15) is 32.6 Å². The molecule has 0 spiro atoms. The molecule has 3 aliphatic rings. The van der Waals surface area contributed by atoms with Gasteiger partial charge < -0.3 is 14.5 Å². The predicted octanol–water partition coefficient (Wildman–Crippen LogP) is 0.636. The fraction of sp³-hybridized carbons (Fsp3) is 0.857. The van der Waals surface area contributed by atoms with Crippen LogP contribution < -0.4 is 0 Å². The molecule has 0 aromatic heterocycles. The van der Waals surface area contributed by atoms with Gasteiger partial charge in [0.15, 0.2) is 0 Å².